The molecule has 0 aromatic carbocycles. The maximum atomic E-state index is 12.5. The van der Waals surface area contributed by atoms with Crippen molar-refractivity contribution in [2.75, 3.05) is 5.75 Å². The van der Waals surface area contributed by atoms with Crippen molar-refractivity contribution in [3.63, 3.8) is 0 Å². The third-order valence-corrected chi connectivity index (χ3v) is 4.48. The zero-order valence-electron chi connectivity index (χ0n) is 11.9. The van der Waals surface area contributed by atoms with E-state index in [0.29, 0.717) is 12.3 Å². The molecule has 1 aliphatic heterocycles. The summed E-state index contributed by atoms with van der Waals surface area (Å²) in [5, 5.41) is 13.0. The van der Waals surface area contributed by atoms with E-state index in [-0.39, 0.29) is 16.6 Å². The van der Waals surface area contributed by atoms with Crippen LogP contribution >= 0.6 is 11.8 Å². The molecule has 1 N–H and O–H groups in total. The Bertz CT molecular complexity index is 616. The van der Waals surface area contributed by atoms with Crippen LogP contribution in [0.4, 0.5) is 0 Å². The Morgan fingerprint density at radius 3 is 2.81 bits per heavy atom. The second-order valence-corrected chi connectivity index (χ2v) is 6.13. The molecule has 0 saturated carbocycles. The van der Waals surface area contributed by atoms with Crippen LogP contribution in [-0.2, 0) is 11.3 Å². The van der Waals surface area contributed by atoms with Crippen molar-refractivity contribution in [3.05, 3.63) is 28.2 Å². The monoisotopic (exact) mass is 311 g/mol. The minimum atomic E-state index is -1.03. The molecule has 7 nitrogen and oxygen atoms in total. The van der Waals surface area contributed by atoms with Crippen LogP contribution in [-0.4, -0.2) is 48.8 Å². The number of hydrogen-bond acceptors (Lipinski definition) is 5. The molecule has 0 bridgehead atoms. The fraction of sp³-hybridized carbons (Fsp3) is 0.538. The maximum Gasteiger partial charge on any atom is 0.327 e. The summed E-state index contributed by atoms with van der Waals surface area (Å²) in [7, 11) is 0. The van der Waals surface area contributed by atoms with Crippen molar-refractivity contribution in [3.8, 4) is 0 Å². The van der Waals surface area contributed by atoms with Gasteiger partial charge in [-0.15, -0.1) is 11.8 Å². The van der Waals surface area contributed by atoms with Gasteiger partial charge >= 0.3 is 5.97 Å². The molecule has 1 aromatic heterocycles. The highest BCUT2D eigenvalue weighted by molar-refractivity contribution is 8.00. The third-order valence-electron chi connectivity index (χ3n) is 3.26. The zero-order valence-corrected chi connectivity index (χ0v) is 12.7. The smallest absolute Gasteiger partial charge is 0.327 e. The van der Waals surface area contributed by atoms with Gasteiger partial charge in [-0.2, -0.15) is 5.10 Å². The molecule has 2 unspecified atom stereocenters. The number of carboxylic acid groups (broad SMARTS) is 1. The first-order valence-corrected chi connectivity index (χ1v) is 7.75. The molecule has 0 aliphatic carbocycles. The molecule has 1 aromatic rings. The van der Waals surface area contributed by atoms with E-state index >= 15 is 0 Å². The molecular formula is C13H17N3O4S. The van der Waals surface area contributed by atoms with Gasteiger partial charge in [0.1, 0.15) is 11.7 Å². The van der Waals surface area contributed by atoms with Gasteiger partial charge in [-0.25, -0.2) is 9.48 Å². The number of aromatic nitrogens is 2. The summed E-state index contributed by atoms with van der Waals surface area (Å²) < 4.78 is 1.23. The van der Waals surface area contributed by atoms with Crippen molar-refractivity contribution in [1.29, 1.82) is 0 Å². The van der Waals surface area contributed by atoms with Gasteiger partial charge < -0.3 is 10.0 Å². The van der Waals surface area contributed by atoms with Crippen molar-refractivity contribution in [2.24, 2.45) is 0 Å². The Labute approximate surface area is 125 Å². The van der Waals surface area contributed by atoms with Crippen LogP contribution in [0.25, 0.3) is 0 Å². The lowest BCUT2D eigenvalue weighted by Gasteiger charge is -2.24. The summed E-state index contributed by atoms with van der Waals surface area (Å²) >= 11 is 1.41. The summed E-state index contributed by atoms with van der Waals surface area (Å²) in [6.07, 6.45) is 0.721. The summed E-state index contributed by atoms with van der Waals surface area (Å²) in [6, 6.07) is 1.79. The molecule has 0 radical (unpaired) electrons. The summed E-state index contributed by atoms with van der Waals surface area (Å²) in [5.74, 6) is -1.12. The van der Waals surface area contributed by atoms with E-state index in [4.69, 9.17) is 0 Å². The molecule has 2 atom stereocenters. The number of aliphatic carboxylic acids is 1. The number of carboxylic acids is 1. The maximum absolute atomic E-state index is 12.5. The number of amides is 1. The van der Waals surface area contributed by atoms with Gasteiger partial charge in [0.05, 0.1) is 5.37 Å². The van der Waals surface area contributed by atoms with Crippen molar-refractivity contribution in [2.45, 2.75) is 38.2 Å². The second kappa shape index (κ2) is 6.30. The van der Waals surface area contributed by atoms with E-state index in [9.17, 15) is 19.5 Å². The van der Waals surface area contributed by atoms with E-state index in [1.165, 1.54) is 33.5 Å². The molecule has 8 heteroatoms. The van der Waals surface area contributed by atoms with Gasteiger partial charge in [0.25, 0.3) is 11.5 Å². The van der Waals surface area contributed by atoms with Gasteiger partial charge in [0.2, 0.25) is 0 Å². The highest BCUT2D eigenvalue weighted by Crippen LogP contribution is 2.29. The Kier molecular flexibility index (Phi) is 4.66. The Morgan fingerprint density at radius 2 is 2.19 bits per heavy atom. The predicted molar refractivity (Wildman–Crippen MR) is 78.3 cm³/mol. The van der Waals surface area contributed by atoms with Gasteiger partial charge in [0, 0.05) is 18.4 Å². The molecule has 1 aliphatic rings. The molecule has 1 saturated heterocycles. The Hall–Kier alpha value is -1.83. The minimum Gasteiger partial charge on any atom is -0.480 e. The second-order valence-electron chi connectivity index (χ2n) is 4.78. The standard InChI is InChI=1S/C13H17N3O4S/c1-3-6-15-11(17)5-4-9(14-15)12(18)16-8(2)21-7-10(16)13(19)20/h4-5,8,10H,3,6-7H2,1-2H3,(H,19,20). The lowest BCUT2D eigenvalue weighted by molar-refractivity contribution is -0.141. The molecule has 1 amide bonds. The van der Waals surface area contributed by atoms with E-state index in [1.54, 1.807) is 6.92 Å². The van der Waals surface area contributed by atoms with Crippen molar-refractivity contribution in [1.82, 2.24) is 14.7 Å². The van der Waals surface area contributed by atoms with Gasteiger partial charge in [-0.3, -0.25) is 9.59 Å². The average Bonchev–Trinajstić information content (AvgIpc) is 2.83. The van der Waals surface area contributed by atoms with E-state index in [2.05, 4.69) is 5.10 Å². The number of carbonyl (C=O) groups is 2. The first kappa shape index (κ1) is 15.6. The van der Waals surface area contributed by atoms with E-state index < -0.39 is 17.9 Å². The molecule has 114 valence electrons. The Morgan fingerprint density at radius 1 is 1.48 bits per heavy atom. The zero-order chi connectivity index (χ0) is 15.6. The topological polar surface area (TPSA) is 92.5 Å². The van der Waals surface area contributed by atoms with Crippen LogP contribution in [0.5, 0.6) is 0 Å². The van der Waals surface area contributed by atoms with Crippen molar-refractivity contribution >= 4 is 23.6 Å². The number of nitrogens with zero attached hydrogens (tertiary/aromatic N) is 3. The lowest BCUT2D eigenvalue weighted by Crippen LogP contribution is -2.45. The summed E-state index contributed by atoms with van der Waals surface area (Å²) in [5.41, 5.74) is -0.171. The minimum absolute atomic E-state index is 0.101. The predicted octanol–water partition coefficient (Wildman–Crippen LogP) is 0.641. The first-order chi connectivity index (χ1) is 9.95. The van der Waals surface area contributed by atoms with Crippen LogP contribution in [0.2, 0.25) is 0 Å². The number of hydrogen-bond donors (Lipinski definition) is 1. The summed E-state index contributed by atoms with van der Waals surface area (Å²) in [4.78, 5) is 36.7. The molecule has 2 rings (SSSR count). The summed E-state index contributed by atoms with van der Waals surface area (Å²) in [6.45, 7) is 4.11. The van der Waals surface area contributed by atoms with Crippen molar-refractivity contribution < 1.29 is 14.7 Å². The number of thioether (sulfide) groups is 1. The highest BCUT2D eigenvalue weighted by atomic mass is 32.2. The molecule has 1 fully saturated rings. The largest absolute Gasteiger partial charge is 0.480 e. The van der Waals surface area contributed by atoms with Crippen LogP contribution in [0.3, 0.4) is 0 Å². The van der Waals surface area contributed by atoms with E-state index in [0.717, 1.165) is 6.42 Å². The van der Waals surface area contributed by atoms with Gasteiger partial charge in [-0.05, 0) is 19.4 Å². The fourth-order valence-electron chi connectivity index (χ4n) is 2.21. The molecule has 2 heterocycles. The average molecular weight is 311 g/mol. The lowest BCUT2D eigenvalue weighted by atomic mass is 10.2. The molecule has 0 spiro atoms. The number of aryl methyl sites for hydroxylation is 1. The van der Waals surface area contributed by atoms with E-state index in [1.807, 2.05) is 6.92 Å². The van der Waals surface area contributed by atoms with Crippen LogP contribution in [0.1, 0.15) is 30.8 Å². The van der Waals surface area contributed by atoms with Gasteiger partial charge in [0.15, 0.2) is 0 Å². The molecular weight excluding hydrogens is 294 g/mol. The number of rotatable bonds is 4. The normalized spacial score (nSPS) is 21.5. The first-order valence-electron chi connectivity index (χ1n) is 6.71. The SMILES string of the molecule is CCCn1nc(C(=O)N2C(C)SCC2C(=O)O)ccc1=O. The highest BCUT2D eigenvalue weighted by Gasteiger charge is 2.40. The van der Waals surface area contributed by atoms with Crippen LogP contribution < -0.4 is 5.56 Å². The third kappa shape index (κ3) is 3.10. The van der Waals surface area contributed by atoms with Crippen LogP contribution in [0.15, 0.2) is 16.9 Å². The Balaban J connectivity index is 2.32. The number of carbonyl (C=O) groups excluding carboxylic acids is 1. The molecule has 21 heavy (non-hydrogen) atoms. The fourth-order valence-corrected chi connectivity index (χ4v) is 3.38. The quantitative estimate of drug-likeness (QED) is 0.877. The van der Waals surface area contributed by atoms with Gasteiger partial charge in [-0.1, -0.05) is 6.92 Å². The van der Waals surface area contributed by atoms with Crippen LogP contribution in [0, 0.1) is 0 Å².